The maximum absolute atomic E-state index is 5.31. The van der Waals surface area contributed by atoms with Gasteiger partial charge in [0.25, 0.3) is 0 Å². The summed E-state index contributed by atoms with van der Waals surface area (Å²) in [6.07, 6.45) is 5.09. The second-order valence-corrected chi connectivity index (χ2v) is 3.72. The van der Waals surface area contributed by atoms with Crippen LogP contribution in [0.15, 0.2) is 12.2 Å². The first-order valence-corrected chi connectivity index (χ1v) is 4.05. The molecule has 0 aromatic heterocycles. The summed E-state index contributed by atoms with van der Waals surface area (Å²) >= 11 is 0. The maximum Gasteiger partial charge on any atom is 0.0471 e. The molecule has 0 unspecified atom stereocenters. The molecule has 1 spiro atoms. The highest BCUT2D eigenvalue weighted by Gasteiger charge is 2.40. The molecule has 0 aromatic rings. The summed E-state index contributed by atoms with van der Waals surface area (Å²) in [5.41, 5.74) is 2.09. The standard InChI is InChI=1S/C9H14O/c1-8-6-9(7-8)2-4-10-5-3-9/h1-7H2. The zero-order chi connectivity index (χ0) is 7.03. The van der Waals surface area contributed by atoms with Crippen LogP contribution < -0.4 is 0 Å². The number of rotatable bonds is 0. The Hall–Kier alpha value is -0.300. The molecule has 0 amide bonds. The van der Waals surface area contributed by atoms with Gasteiger partial charge in [0.1, 0.15) is 0 Å². The Kier molecular flexibility index (Phi) is 1.34. The zero-order valence-electron chi connectivity index (χ0n) is 6.36. The third-order valence-electron chi connectivity index (χ3n) is 2.80. The predicted molar refractivity (Wildman–Crippen MR) is 40.9 cm³/mol. The lowest BCUT2D eigenvalue weighted by Crippen LogP contribution is -2.36. The number of allylic oxidation sites excluding steroid dienone is 1. The first-order valence-electron chi connectivity index (χ1n) is 4.05. The van der Waals surface area contributed by atoms with Gasteiger partial charge in [0.15, 0.2) is 0 Å². The van der Waals surface area contributed by atoms with E-state index in [4.69, 9.17) is 4.74 Å². The van der Waals surface area contributed by atoms with Crippen LogP contribution in [0.25, 0.3) is 0 Å². The smallest absolute Gasteiger partial charge is 0.0471 e. The van der Waals surface area contributed by atoms with Gasteiger partial charge in [-0.1, -0.05) is 12.2 Å². The fourth-order valence-electron chi connectivity index (χ4n) is 2.17. The molecular weight excluding hydrogens is 124 g/mol. The number of hydrogen-bond donors (Lipinski definition) is 0. The van der Waals surface area contributed by atoms with Crippen molar-refractivity contribution in [2.24, 2.45) is 5.41 Å². The molecule has 2 rings (SSSR count). The van der Waals surface area contributed by atoms with E-state index in [1.54, 1.807) is 0 Å². The summed E-state index contributed by atoms with van der Waals surface area (Å²) in [7, 11) is 0. The van der Waals surface area contributed by atoms with Crippen LogP contribution in [0.2, 0.25) is 0 Å². The van der Waals surface area contributed by atoms with Crippen molar-refractivity contribution in [3.63, 3.8) is 0 Å². The van der Waals surface area contributed by atoms with Crippen molar-refractivity contribution in [1.29, 1.82) is 0 Å². The van der Waals surface area contributed by atoms with Crippen molar-refractivity contribution in [3.05, 3.63) is 12.2 Å². The highest BCUT2D eigenvalue weighted by atomic mass is 16.5. The van der Waals surface area contributed by atoms with Gasteiger partial charge in [-0.15, -0.1) is 0 Å². The molecule has 0 radical (unpaired) electrons. The van der Waals surface area contributed by atoms with Gasteiger partial charge in [-0.3, -0.25) is 0 Å². The molecular formula is C9H14O. The molecule has 1 saturated carbocycles. The first-order chi connectivity index (χ1) is 4.81. The van der Waals surface area contributed by atoms with Gasteiger partial charge in [-0.2, -0.15) is 0 Å². The SMILES string of the molecule is C=C1CC2(CCOCC2)C1. The minimum atomic E-state index is 0.648. The lowest BCUT2D eigenvalue weighted by Gasteiger charge is -2.46. The predicted octanol–water partition coefficient (Wildman–Crippen LogP) is 2.13. The van der Waals surface area contributed by atoms with E-state index >= 15 is 0 Å². The molecule has 1 aliphatic heterocycles. The van der Waals surface area contributed by atoms with E-state index in [1.165, 1.54) is 31.3 Å². The fraction of sp³-hybridized carbons (Fsp3) is 0.778. The summed E-state index contributed by atoms with van der Waals surface area (Å²) in [4.78, 5) is 0. The van der Waals surface area contributed by atoms with Gasteiger partial charge in [0, 0.05) is 13.2 Å². The largest absolute Gasteiger partial charge is 0.381 e. The second-order valence-electron chi connectivity index (χ2n) is 3.72. The monoisotopic (exact) mass is 138 g/mol. The van der Waals surface area contributed by atoms with Gasteiger partial charge in [0.2, 0.25) is 0 Å². The van der Waals surface area contributed by atoms with Crippen LogP contribution in [0, 0.1) is 5.41 Å². The van der Waals surface area contributed by atoms with Crippen molar-refractivity contribution in [1.82, 2.24) is 0 Å². The number of hydrogen-bond acceptors (Lipinski definition) is 1. The van der Waals surface area contributed by atoms with E-state index < -0.39 is 0 Å². The Morgan fingerprint density at radius 2 is 1.80 bits per heavy atom. The maximum atomic E-state index is 5.31. The van der Waals surface area contributed by atoms with Gasteiger partial charge in [0.05, 0.1) is 0 Å². The fourth-order valence-corrected chi connectivity index (χ4v) is 2.17. The van der Waals surface area contributed by atoms with E-state index in [2.05, 4.69) is 6.58 Å². The molecule has 2 aliphatic rings. The Morgan fingerprint density at radius 3 is 2.30 bits per heavy atom. The van der Waals surface area contributed by atoms with Crippen molar-refractivity contribution < 1.29 is 4.74 Å². The Bertz CT molecular complexity index is 144. The van der Waals surface area contributed by atoms with Crippen LogP contribution in [0.5, 0.6) is 0 Å². The van der Waals surface area contributed by atoms with Gasteiger partial charge in [-0.05, 0) is 31.1 Å². The molecule has 1 heteroatoms. The van der Waals surface area contributed by atoms with Crippen LogP contribution in [0.4, 0.5) is 0 Å². The topological polar surface area (TPSA) is 9.23 Å². The highest BCUT2D eigenvalue weighted by molar-refractivity contribution is 5.15. The van der Waals surface area contributed by atoms with E-state index in [1.807, 2.05) is 0 Å². The molecule has 0 N–H and O–H groups in total. The van der Waals surface area contributed by atoms with Crippen LogP contribution >= 0.6 is 0 Å². The van der Waals surface area contributed by atoms with Crippen LogP contribution in [-0.2, 0) is 4.74 Å². The summed E-state index contributed by atoms with van der Waals surface area (Å²) in [6.45, 7) is 5.93. The van der Waals surface area contributed by atoms with E-state index in [-0.39, 0.29) is 0 Å². The molecule has 10 heavy (non-hydrogen) atoms. The van der Waals surface area contributed by atoms with Gasteiger partial charge >= 0.3 is 0 Å². The Labute approximate surface area is 62.1 Å². The molecule has 1 saturated heterocycles. The lowest BCUT2D eigenvalue weighted by molar-refractivity contribution is -0.00544. The van der Waals surface area contributed by atoms with Crippen molar-refractivity contribution in [3.8, 4) is 0 Å². The third-order valence-corrected chi connectivity index (χ3v) is 2.80. The zero-order valence-corrected chi connectivity index (χ0v) is 6.36. The molecule has 0 atom stereocenters. The van der Waals surface area contributed by atoms with Gasteiger partial charge < -0.3 is 4.74 Å². The van der Waals surface area contributed by atoms with Crippen molar-refractivity contribution >= 4 is 0 Å². The molecule has 0 aromatic carbocycles. The third kappa shape index (κ3) is 0.891. The molecule has 56 valence electrons. The summed E-state index contributed by atoms with van der Waals surface area (Å²) < 4.78 is 5.31. The molecule has 0 bridgehead atoms. The normalized spacial score (nSPS) is 30.2. The first kappa shape index (κ1) is 6.41. The number of ether oxygens (including phenoxy) is 1. The molecule has 1 heterocycles. The Morgan fingerprint density at radius 1 is 1.20 bits per heavy atom. The molecule has 2 fully saturated rings. The quantitative estimate of drug-likeness (QED) is 0.466. The highest BCUT2D eigenvalue weighted by Crippen LogP contribution is 2.50. The summed E-state index contributed by atoms with van der Waals surface area (Å²) in [5.74, 6) is 0. The average Bonchev–Trinajstić information content (AvgIpc) is 1.87. The second kappa shape index (κ2) is 2.09. The van der Waals surface area contributed by atoms with E-state index in [0.717, 1.165) is 13.2 Å². The van der Waals surface area contributed by atoms with E-state index in [0.29, 0.717) is 5.41 Å². The van der Waals surface area contributed by atoms with E-state index in [9.17, 15) is 0 Å². The minimum absolute atomic E-state index is 0.648. The summed E-state index contributed by atoms with van der Waals surface area (Å²) in [6, 6.07) is 0. The van der Waals surface area contributed by atoms with Crippen molar-refractivity contribution in [2.75, 3.05) is 13.2 Å². The Balaban J connectivity index is 1.96. The molecule has 1 aliphatic carbocycles. The average molecular weight is 138 g/mol. The van der Waals surface area contributed by atoms with Crippen LogP contribution in [0.1, 0.15) is 25.7 Å². The van der Waals surface area contributed by atoms with Crippen LogP contribution in [-0.4, -0.2) is 13.2 Å². The van der Waals surface area contributed by atoms with Gasteiger partial charge in [-0.25, -0.2) is 0 Å². The summed E-state index contributed by atoms with van der Waals surface area (Å²) in [5, 5.41) is 0. The minimum Gasteiger partial charge on any atom is -0.381 e. The molecule has 1 nitrogen and oxygen atoms in total. The van der Waals surface area contributed by atoms with Crippen molar-refractivity contribution in [2.45, 2.75) is 25.7 Å². The lowest BCUT2D eigenvalue weighted by atomic mass is 9.62. The van der Waals surface area contributed by atoms with Crippen LogP contribution in [0.3, 0.4) is 0 Å².